The van der Waals surface area contributed by atoms with E-state index in [9.17, 15) is 24.8 Å². The topological polar surface area (TPSA) is 104 Å². The number of carboxylic acids is 1. The molecule has 1 aromatic rings. The number of benzene rings is 1. The maximum absolute atomic E-state index is 11.9. The summed E-state index contributed by atoms with van der Waals surface area (Å²) in [7, 11) is 1.68. The number of carbonyl (C=O) groups excluding carboxylic acids is 1. The molecule has 0 unspecified atom stereocenters. The molecule has 0 bridgehead atoms. The molecule has 1 aromatic carbocycles. The molecule has 0 atom stereocenters. The fourth-order valence-corrected chi connectivity index (χ4v) is 2.27. The van der Waals surface area contributed by atoms with Gasteiger partial charge in [-0.3, -0.25) is 14.9 Å². The van der Waals surface area contributed by atoms with Crippen LogP contribution in [0.25, 0.3) is 0 Å². The largest absolute Gasteiger partial charge is 0.478 e. The summed E-state index contributed by atoms with van der Waals surface area (Å²) < 4.78 is 0. The van der Waals surface area contributed by atoms with Crippen LogP contribution in [-0.2, 0) is 4.79 Å². The van der Waals surface area contributed by atoms with Gasteiger partial charge in [0.05, 0.1) is 22.7 Å². The highest BCUT2D eigenvalue weighted by Gasteiger charge is 2.24. The molecule has 1 fully saturated rings. The summed E-state index contributed by atoms with van der Waals surface area (Å²) in [6.45, 7) is 1.06. The minimum atomic E-state index is -1.18. The van der Waals surface area contributed by atoms with Crippen LogP contribution in [0.1, 0.15) is 16.8 Å². The molecule has 1 heterocycles. The van der Waals surface area contributed by atoms with Crippen LogP contribution < -0.4 is 4.90 Å². The summed E-state index contributed by atoms with van der Waals surface area (Å²) in [5, 5.41) is 20.1. The number of non-ortho nitro benzene ring substituents is 1. The lowest BCUT2D eigenvalue weighted by atomic mass is 10.1. The molecule has 1 amide bonds. The van der Waals surface area contributed by atoms with Crippen molar-refractivity contribution in [2.45, 2.75) is 6.42 Å². The molecule has 0 aromatic heterocycles. The van der Waals surface area contributed by atoms with Gasteiger partial charge in [-0.25, -0.2) is 4.79 Å². The first-order valence-corrected chi connectivity index (χ1v) is 6.41. The molecule has 0 spiro atoms. The normalized spacial score (nSPS) is 15.8. The van der Waals surface area contributed by atoms with Gasteiger partial charge in [-0.2, -0.15) is 0 Å². The van der Waals surface area contributed by atoms with E-state index in [2.05, 4.69) is 0 Å². The summed E-state index contributed by atoms with van der Waals surface area (Å²) in [5.41, 5.74) is -0.0293. The van der Waals surface area contributed by atoms with Crippen LogP contribution >= 0.6 is 0 Å². The van der Waals surface area contributed by atoms with Crippen molar-refractivity contribution in [1.82, 2.24) is 4.90 Å². The van der Waals surface area contributed by atoms with E-state index < -0.39 is 10.9 Å². The molecule has 8 heteroatoms. The zero-order valence-electron chi connectivity index (χ0n) is 11.5. The van der Waals surface area contributed by atoms with Gasteiger partial charge in [0.2, 0.25) is 5.91 Å². The number of aromatic carboxylic acids is 1. The zero-order chi connectivity index (χ0) is 15.6. The SMILES string of the molecule is CN1CCCN(c2cc([N+](=O)[O-])ccc2C(=O)O)CC1=O. The van der Waals surface area contributed by atoms with Gasteiger partial charge in [0, 0.05) is 32.3 Å². The van der Waals surface area contributed by atoms with Crippen LogP contribution in [-0.4, -0.2) is 53.5 Å². The maximum Gasteiger partial charge on any atom is 0.337 e. The van der Waals surface area contributed by atoms with E-state index >= 15 is 0 Å². The van der Waals surface area contributed by atoms with Gasteiger partial charge in [0.1, 0.15) is 0 Å². The van der Waals surface area contributed by atoms with Crippen molar-refractivity contribution < 1.29 is 19.6 Å². The second-order valence-corrected chi connectivity index (χ2v) is 4.85. The third-order valence-corrected chi connectivity index (χ3v) is 3.44. The zero-order valence-corrected chi connectivity index (χ0v) is 11.5. The van der Waals surface area contributed by atoms with Gasteiger partial charge in [0.15, 0.2) is 0 Å². The average molecular weight is 293 g/mol. The van der Waals surface area contributed by atoms with E-state index in [1.807, 2.05) is 0 Å². The molecular formula is C13H15N3O5. The maximum atomic E-state index is 11.9. The van der Waals surface area contributed by atoms with Crippen molar-refractivity contribution in [1.29, 1.82) is 0 Å². The Hall–Kier alpha value is -2.64. The molecule has 1 aliphatic heterocycles. The highest BCUT2D eigenvalue weighted by molar-refractivity contribution is 5.96. The van der Waals surface area contributed by atoms with Crippen molar-refractivity contribution in [3.05, 3.63) is 33.9 Å². The number of rotatable bonds is 3. The Morgan fingerprint density at radius 2 is 2.10 bits per heavy atom. The second-order valence-electron chi connectivity index (χ2n) is 4.85. The number of anilines is 1. The Bertz CT molecular complexity index is 601. The van der Waals surface area contributed by atoms with Crippen LogP contribution in [0.4, 0.5) is 11.4 Å². The van der Waals surface area contributed by atoms with E-state index in [0.717, 1.165) is 6.07 Å². The van der Waals surface area contributed by atoms with E-state index in [4.69, 9.17) is 0 Å². The molecule has 2 rings (SSSR count). The molecule has 1 aliphatic rings. The van der Waals surface area contributed by atoms with E-state index in [1.54, 1.807) is 16.8 Å². The molecule has 1 N–H and O–H groups in total. The minimum absolute atomic E-state index is 0.0119. The van der Waals surface area contributed by atoms with Crippen LogP contribution in [0, 0.1) is 10.1 Å². The molecule has 0 aliphatic carbocycles. The average Bonchev–Trinajstić information content (AvgIpc) is 2.60. The molecular weight excluding hydrogens is 278 g/mol. The first kappa shape index (κ1) is 14.8. The quantitative estimate of drug-likeness (QED) is 0.657. The van der Waals surface area contributed by atoms with Gasteiger partial charge in [-0.15, -0.1) is 0 Å². The lowest BCUT2D eigenvalue weighted by molar-refractivity contribution is -0.384. The molecule has 8 nitrogen and oxygen atoms in total. The Morgan fingerprint density at radius 3 is 2.71 bits per heavy atom. The fraction of sp³-hybridized carbons (Fsp3) is 0.385. The lowest BCUT2D eigenvalue weighted by Gasteiger charge is -2.23. The van der Waals surface area contributed by atoms with Gasteiger partial charge in [0.25, 0.3) is 5.69 Å². The number of nitro groups is 1. The van der Waals surface area contributed by atoms with Crippen molar-refractivity contribution in [2.75, 3.05) is 31.6 Å². The summed E-state index contributed by atoms with van der Waals surface area (Å²) in [6, 6.07) is 3.57. The van der Waals surface area contributed by atoms with Crippen molar-refractivity contribution in [2.24, 2.45) is 0 Å². The number of carboxylic acid groups (broad SMARTS) is 1. The summed E-state index contributed by atoms with van der Waals surface area (Å²) in [6.07, 6.45) is 0.671. The fourth-order valence-electron chi connectivity index (χ4n) is 2.27. The van der Waals surface area contributed by atoms with Gasteiger partial charge in [-0.1, -0.05) is 0 Å². The first-order valence-electron chi connectivity index (χ1n) is 6.41. The number of hydrogen-bond donors (Lipinski definition) is 1. The Labute approximate surface area is 120 Å². The van der Waals surface area contributed by atoms with Gasteiger partial charge >= 0.3 is 5.97 Å². The molecule has 0 radical (unpaired) electrons. The van der Waals surface area contributed by atoms with E-state index in [0.29, 0.717) is 19.5 Å². The van der Waals surface area contributed by atoms with Crippen molar-refractivity contribution >= 4 is 23.3 Å². The minimum Gasteiger partial charge on any atom is -0.478 e. The highest BCUT2D eigenvalue weighted by atomic mass is 16.6. The summed E-state index contributed by atoms with van der Waals surface area (Å²) >= 11 is 0. The number of nitro benzene ring substituents is 1. The third-order valence-electron chi connectivity index (χ3n) is 3.44. The Morgan fingerprint density at radius 1 is 1.38 bits per heavy atom. The van der Waals surface area contributed by atoms with Crippen molar-refractivity contribution in [3.63, 3.8) is 0 Å². The third kappa shape index (κ3) is 3.10. The number of carbonyl (C=O) groups is 2. The van der Waals surface area contributed by atoms with Gasteiger partial charge < -0.3 is 14.9 Å². The Balaban J connectivity index is 2.44. The van der Waals surface area contributed by atoms with E-state index in [-0.39, 0.29) is 29.4 Å². The highest BCUT2D eigenvalue weighted by Crippen LogP contribution is 2.27. The van der Waals surface area contributed by atoms with Crippen molar-refractivity contribution in [3.8, 4) is 0 Å². The smallest absolute Gasteiger partial charge is 0.337 e. The Kier molecular flexibility index (Phi) is 4.06. The standard InChI is InChI=1S/C13H15N3O5/c1-14-5-2-6-15(8-12(14)17)11-7-9(16(20)21)3-4-10(11)13(18)19/h3-4,7H,2,5-6,8H2,1H3,(H,18,19). The second kappa shape index (κ2) is 5.78. The lowest BCUT2D eigenvalue weighted by Crippen LogP contribution is -2.35. The van der Waals surface area contributed by atoms with Crippen LogP contribution in [0.5, 0.6) is 0 Å². The van der Waals surface area contributed by atoms with Crippen LogP contribution in [0.2, 0.25) is 0 Å². The first-order chi connectivity index (χ1) is 9.90. The molecule has 1 saturated heterocycles. The predicted molar refractivity (Wildman–Crippen MR) is 74.5 cm³/mol. The van der Waals surface area contributed by atoms with Gasteiger partial charge in [-0.05, 0) is 12.5 Å². The number of amides is 1. The number of nitrogens with zero attached hydrogens (tertiary/aromatic N) is 3. The van der Waals surface area contributed by atoms with Crippen LogP contribution in [0.15, 0.2) is 18.2 Å². The monoisotopic (exact) mass is 293 g/mol. The van der Waals surface area contributed by atoms with E-state index in [1.165, 1.54) is 12.1 Å². The van der Waals surface area contributed by atoms with Crippen LogP contribution in [0.3, 0.4) is 0 Å². The summed E-state index contributed by atoms with van der Waals surface area (Å²) in [5.74, 6) is -1.32. The summed E-state index contributed by atoms with van der Waals surface area (Å²) in [4.78, 5) is 36.6. The molecule has 112 valence electrons. The molecule has 21 heavy (non-hydrogen) atoms. The number of likely N-dealkylation sites (N-methyl/N-ethyl adjacent to an activating group) is 1. The number of hydrogen-bond acceptors (Lipinski definition) is 5. The predicted octanol–water partition coefficient (Wildman–Crippen LogP) is 0.961. The molecule has 0 saturated carbocycles.